The molecule has 0 unspecified atom stereocenters. The lowest BCUT2D eigenvalue weighted by Crippen LogP contribution is -2.06. The molecule has 0 fully saturated rings. The Kier molecular flexibility index (Phi) is 9.61. The molecule has 5 heteroatoms. The maximum absolute atomic E-state index is 5.90. The van der Waals surface area contributed by atoms with Crippen LogP contribution in [0.3, 0.4) is 0 Å². The predicted octanol–water partition coefficient (Wildman–Crippen LogP) is 5.65. The van der Waals surface area contributed by atoms with Gasteiger partial charge in [0.2, 0.25) is 5.89 Å². The molecule has 5 nitrogen and oxygen atoms in total. The van der Waals surface area contributed by atoms with Gasteiger partial charge in [-0.05, 0) is 56.0 Å². The zero-order valence-electron chi connectivity index (χ0n) is 18.6. The normalized spacial score (nSPS) is 11.0. The first-order valence-electron chi connectivity index (χ1n) is 11.1. The second kappa shape index (κ2) is 12.9. The van der Waals surface area contributed by atoms with Crippen LogP contribution in [-0.2, 0) is 22.3 Å². The van der Waals surface area contributed by atoms with Gasteiger partial charge in [-0.1, -0.05) is 37.3 Å². The van der Waals surface area contributed by atoms with Crippen molar-refractivity contribution in [2.24, 2.45) is 0 Å². The lowest BCUT2D eigenvalue weighted by atomic mass is 10.1. The van der Waals surface area contributed by atoms with E-state index in [0.717, 1.165) is 55.2 Å². The van der Waals surface area contributed by atoms with Gasteiger partial charge in [0, 0.05) is 25.2 Å². The third-order valence-electron chi connectivity index (χ3n) is 4.92. The summed E-state index contributed by atoms with van der Waals surface area (Å²) in [7, 11) is 0. The fourth-order valence-corrected chi connectivity index (χ4v) is 3.23. The van der Waals surface area contributed by atoms with Crippen molar-refractivity contribution in [2.45, 2.75) is 39.5 Å². The zero-order chi connectivity index (χ0) is 21.7. The fraction of sp³-hybridized carbons (Fsp3) is 0.423. The first-order valence-corrected chi connectivity index (χ1v) is 11.1. The number of nitrogens with zero attached hydrogens (tertiary/aromatic N) is 1. The largest absolute Gasteiger partial charge is 0.493 e. The molecule has 0 aliphatic heterocycles. The zero-order valence-corrected chi connectivity index (χ0v) is 18.6. The second-order valence-electron chi connectivity index (χ2n) is 7.46. The molecule has 0 atom stereocenters. The lowest BCUT2D eigenvalue weighted by Gasteiger charge is -2.07. The quantitative estimate of drug-likeness (QED) is 0.314. The van der Waals surface area contributed by atoms with Crippen LogP contribution in [0.1, 0.15) is 36.8 Å². The monoisotopic (exact) mass is 423 g/mol. The Labute approximate surface area is 185 Å². The van der Waals surface area contributed by atoms with Crippen molar-refractivity contribution in [1.82, 2.24) is 4.98 Å². The van der Waals surface area contributed by atoms with Crippen LogP contribution >= 0.6 is 0 Å². The van der Waals surface area contributed by atoms with Gasteiger partial charge in [-0.2, -0.15) is 0 Å². The minimum absolute atomic E-state index is 0.564. The standard InChI is InChI=1S/C26H33NO4/c1-3-16-28-19-20-29-17-7-8-22-11-13-24(14-12-22)30-18-15-25-21(2)31-26(27-25)23-9-5-4-6-10-23/h4-6,9-14H,3,7-8,15-20H2,1-2H3. The average molecular weight is 424 g/mol. The first kappa shape index (κ1) is 23.0. The highest BCUT2D eigenvalue weighted by Gasteiger charge is 2.11. The fourth-order valence-electron chi connectivity index (χ4n) is 3.23. The van der Waals surface area contributed by atoms with Crippen molar-refractivity contribution in [3.05, 3.63) is 71.6 Å². The van der Waals surface area contributed by atoms with Crippen LogP contribution in [0.4, 0.5) is 0 Å². The van der Waals surface area contributed by atoms with E-state index in [1.165, 1.54) is 5.56 Å². The van der Waals surface area contributed by atoms with Crippen molar-refractivity contribution in [2.75, 3.05) is 33.0 Å². The molecule has 1 aromatic heterocycles. The topological polar surface area (TPSA) is 53.7 Å². The van der Waals surface area contributed by atoms with E-state index in [-0.39, 0.29) is 0 Å². The second-order valence-corrected chi connectivity index (χ2v) is 7.46. The molecule has 31 heavy (non-hydrogen) atoms. The molecular weight excluding hydrogens is 390 g/mol. The van der Waals surface area contributed by atoms with Crippen LogP contribution in [0, 0.1) is 6.92 Å². The van der Waals surface area contributed by atoms with Crippen molar-refractivity contribution in [3.8, 4) is 17.2 Å². The number of hydrogen-bond donors (Lipinski definition) is 0. The summed E-state index contributed by atoms with van der Waals surface area (Å²) in [5.41, 5.74) is 3.22. The summed E-state index contributed by atoms with van der Waals surface area (Å²) in [6, 6.07) is 18.2. The van der Waals surface area contributed by atoms with Gasteiger partial charge >= 0.3 is 0 Å². The summed E-state index contributed by atoms with van der Waals surface area (Å²) in [6.07, 6.45) is 3.76. The lowest BCUT2D eigenvalue weighted by molar-refractivity contribution is 0.0472. The smallest absolute Gasteiger partial charge is 0.226 e. The molecule has 1 heterocycles. The predicted molar refractivity (Wildman–Crippen MR) is 123 cm³/mol. The third-order valence-corrected chi connectivity index (χ3v) is 4.92. The minimum Gasteiger partial charge on any atom is -0.493 e. The number of ether oxygens (including phenoxy) is 3. The molecule has 3 rings (SSSR count). The van der Waals surface area contributed by atoms with Gasteiger partial charge in [0.05, 0.1) is 25.5 Å². The van der Waals surface area contributed by atoms with E-state index in [0.29, 0.717) is 32.1 Å². The minimum atomic E-state index is 0.564. The van der Waals surface area contributed by atoms with Crippen LogP contribution in [0.25, 0.3) is 11.5 Å². The van der Waals surface area contributed by atoms with Crippen molar-refractivity contribution in [3.63, 3.8) is 0 Å². The molecule has 0 saturated heterocycles. The van der Waals surface area contributed by atoms with Gasteiger partial charge in [0.25, 0.3) is 0 Å². The van der Waals surface area contributed by atoms with Crippen LogP contribution in [0.2, 0.25) is 0 Å². The van der Waals surface area contributed by atoms with E-state index in [2.05, 4.69) is 24.0 Å². The summed E-state index contributed by atoms with van der Waals surface area (Å²) < 4.78 is 22.7. The summed E-state index contributed by atoms with van der Waals surface area (Å²) in [4.78, 5) is 4.63. The first-order chi connectivity index (χ1) is 15.3. The van der Waals surface area contributed by atoms with E-state index in [4.69, 9.17) is 18.6 Å². The van der Waals surface area contributed by atoms with Gasteiger partial charge in [-0.3, -0.25) is 0 Å². The summed E-state index contributed by atoms with van der Waals surface area (Å²) in [6.45, 7) is 7.54. The SMILES string of the molecule is CCCOCCOCCCc1ccc(OCCc2nc(-c3ccccc3)oc2C)cc1. The molecule has 0 N–H and O–H groups in total. The van der Waals surface area contributed by atoms with Crippen molar-refractivity contribution in [1.29, 1.82) is 0 Å². The van der Waals surface area contributed by atoms with Crippen LogP contribution < -0.4 is 4.74 Å². The Bertz CT molecular complexity index is 874. The molecule has 2 aromatic carbocycles. The Balaban J connectivity index is 1.35. The molecule has 0 bridgehead atoms. The van der Waals surface area contributed by atoms with Crippen LogP contribution in [0.15, 0.2) is 59.0 Å². The molecule has 0 saturated carbocycles. The van der Waals surface area contributed by atoms with Gasteiger partial charge in [0.15, 0.2) is 0 Å². The van der Waals surface area contributed by atoms with Gasteiger partial charge in [-0.25, -0.2) is 4.98 Å². The molecule has 3 aromatic rings. The van der Waals surface area contributed by atoms with Gasteiger partial charge in [0.1, 0.15) is 11.5 Å². The van der Waals surface area contributed by atoms with E-state index < -0.39 is 0 Å². The molecule has 0 radical (unpaired) electrons. The Morgan fingerprint density at radius 3 is 2.29 bits per heavy atom. The van der Waals surface area contributed by atoms with E-state index in [9.17, 15) is 0 Å². The molecule has 0 spiro atoms. The highest BCUT2D eigenvalue weighted by molar-refractivity contribution is 5.53. The number of oxazole rings is 1. The highest BCUT2D eigenvalue weighted by atomic mass is 16.5. The van der Waals surface area contributed by atoms with Crippen LogP contribution in [0.5, 0.6) is 5.75 Å². The number of hydrogen-bond acceptors (Lipinski definition) is 5. The van der Waals surface area contributed by atoms with Gasteiger partial charge < -0.3 is 18.6 Å². The maximum atomic E-state index is 5.90. The third kappa shape index (κ3) is 7.85. The van der Waals surface area contributed by atoms with E-state index >= 15 is 0 Å². The number of rotatable bonds is 14. The summed E-state index contributed by atoms with van der Waals surface area (Å²) >= 11 is 0. The Hall–Kier alpha value is -2.63. The molecular formula is C26H33NO4. The Morgan fingerprint density at radius 2 is 1.55 bits per heavy atom. The number of benzene rings is 2. The summed E-state index contributed by atoms with van der Waals surface area (Å²) in [5.74, 6) is 2.38. The molecule has 0 aliphatic carbocycles. The van der Waals surface area contributed by atoms with Gasteiger partial charge in [-0.15, -0.1) is 0 Å². The highest BCUT2D eigenvalue weighted by Crippen LogP contribution is 2.22. The van der Waals surface area contributed by atoms with E-state index in [1.54, 1.807) is 0 Å². The van der Waals surface area contributed by atoms with Crippen molar-refractivity contribution < 1.29 is 18.6 Å². The molecule has 0 amide bonds. The summed E-state index contributed by atoms with van der Waals surface area (Å²) in [5, 5.41) is 0. The maximum Gasteiger partial charge on any atom is 0.226 e. The van der Waals surface area contributed by atoms with E-state index in [1.807, 2.05) is 49.4 Å². The molecule has 0 aliphatic rings. The Morgan fingerprint density at radius 1 is 0.806 bits per heavy atom. The van der Waals surface area contributed by atoms with Crippen molar-refractivity contribution >= 4 is 0 Å². The molecule has 166 valence electrons. The average Bonchev–Trinajstić information content (AvgIpc) is 3.18. The van der Waals surface area contributed by atoms with Crippen LogP contribution in [-0.4, -0.2) is 38.0 Å². The number of aromatic nitrogens is 1. The number of aryl methyl sites for hydroxylation is 2.